The lowest BCUT2D eigenvalue weighted by atomic mass is 10.1. The minimum atomic E-state index is -4.46. The summed E-state index contributed by atoms with van der Waals surface area (Å²) in [6.07, 6.45) is -0.408. The highest BCUT2D eigenvalue weighted by Crippen LogP contribution is 2.34. The van der Waals surface area contributed by atoms with Crippen molar-refractivity contribution < 1.29 is 27.1 Å². The molecule has 0 saturated carbocycles. The van der Waals surface area contributed by atoms with Crippen LogP contribution < -0.4 is 9.64 Å². The van der Waals surface area contributed by atoms with Crippen molar-refractivity contribution in [2.24, 2.45) is 0 Å². The standard InChI is InChI=1S/C25H24F3N5O3/c1-16-29-14-22(36-16)20-4-3-19(12-21(20)35-2)31-7-9-32(10-8-31)23(34)15-33-6-5-17-11-18(25(26,27)28)13-30-24(17)33/h3-6,11-14H,7-10,15H2,1-2H3. The Kier molecular flexibility index (Phi) is 6.07. The second-order valence-corrected chi connectivity index (χ2v) is 8.57. The lowest BCUT2D eigenvalue weighted by Gasteiger charge is -2.36. The largest absolute Gasteiger partial charge is 0.496 e. The third-order valence-corrected chi connectivity index (χ3v) is 6.30. The number of rotatable bonds is 5. The number of halogens is 3. The molecule has 1 amide bonds. The van der Waals surface area contributed by atoms with Gasteiger partial charge in [-0.2, -0.15) is 13.2 Å². The first-order chi connectivity index (χ1) is 17.2. The number of nitrogens with zero attached hydrogens (tertiary/aromatic N) is 5. The molecule has 0 unspecified atom stereocenters. The van der Waals surface area contributed by atoms with Crippen molar-refractivity contribution >= 4 is 22.6 Å². The number of amides is 1. The fourth-order valence-electron chi connectivity index (χ4n) is 4.39. The zero-order valence-corrected chi connectivity index (χ0v) is 19.7. The summed E-state index contributed by atoms with van der Waals surface area (Å²) in [7, 11) is 1.60. The predicted molar refractivity (Wildman–Crippen MR) is 127 cm³/mol. The van der Waals surface area contributed by atoms with Crippen molar-refractivity contribution in [1.82, 2.24) is 19.4 Å². The number of alkyl halides is 3. The lowest BCUT2D eigenvalue weighted by Crippen LogP contribution is -2.49. The van der Waals surface area contributed by atoms with Crippen LogP contribution in [0.2, 0.25) is 0 Å². The average Bonchev–Trinajstić information content (AvgIpc) is 3.49. The molecule has 4 aromatic rings. The first kappa shape index (κ1) is 23.7. The van der Waals surface area contributed by atoms with Gasteiger partial charge in [0.05, 0.1) is 24.4 Å². The number of piperazine rings is 1. The molecule has 3 aromatic heterocycles. The quantitative estimate of drug-likeness (QED) is 0.406. The van der Waals surface area contributed by atoms with E-state index < -0.39 is 11.7 Å². The van der Waals surface area contributed by atoms with Crippen LogP contribution in [0, 0.1) is 6.92 Å². The van der Waals surface area contributed by atoms with Gasteiger partial charge in [0.1, 0.15) is 17.9 Å². The third-order valence-electron chi connectivity index (χ3n) is 6.30. The molecule has 11 heteroatoms. The summed E-state index contributed by atoms with van der Waals surface area (Å²) in [6.45, 7) is 4.11. The molecule has 0 N–H and O–H groups in total. The number of oxazole rings is 1. The molecule has 0 aliphatic carbocycles. The molecule has 1 aliphatic heterocycles. The highest BCUT2D eigenvalue weighted by Gasteiger charge is 2.31. The van der Waals surface area contributed by atoms with E-state index in [9.17, 15) is 18.0 Å². The first-order valence-corrected chi connectivity index (χ1v) is 11.4. The molecule has 188 valence electrons. The van der Waals surface area contributed by atoms with E-state index in [1.807, 2.05) is 18.2 Å². The highest BCUT2D eigenvalue weighted by molar-refractivity contribution is 5.81. The minimum Gasteiger partial charge on any atom is -0.496 e. The Morgan fingerprint density at radius 2 is 1.86 bits per heavy atom. The molecule has 0 bridgehead atoms. The van der Waals surface area contributed by atoms with E-state index in [0.717, 1.165) is 23.5 Å². The monoisotopic (exact) mass is 499 g/mol. The molecule has 1 aromatic carbocycles. The fourth-order valence-corrected chi connectivity index (χ4v) is 4.39. The van der Waals surface area contributed by atoms with E-state index in [2.05, 4.69) is 14.9 Å². The summed E-state index contributed by atoms with van der Waals surface area (Å²) in [5, 5.41) is 0.348. The zero-order chi connectivity index (χ0) is 25.4. The van der Waals surface area contributed by atoms with Crippen LogP contribution in [0.3, 0.4) is 0 Å². The first-order valence-electron chi connectivity index (χ1n) is 11.4. The van der Waals surface area contributed by atoms with Gasteiger partial charge in [-0.3, -0.25) is 4.79 Å². The van der Waals surface area contributed by atoms with Crippen molar-refractivity contribution in [1.29, 1.82) is 0 Å². The molecule has 0 spiro atoms. The molecule has 5 rings (SSSR count). The number of benzene rings is 1. The van der Waals surface area contributed by atoms with Crippen molar-refractivity contribution in [3.05, 3.63) is 60.4 Å². The SMILES string of the molecule is COc1cc(N2CCN(C(=O)Cn3ccc4cc(C(F)(F)F)cnc43)CC2)ccc1-c1cnc(C)o1. The number of hydrogen-bond donors (Lipinski definition) is 0. The van der Waals surface area contributed by atoms with Crippen molar-refractivity contribution in [3.63, 3.8) is 0 Å². The maximum atomic E-state index is 12.9. The van der Waals surface area contributed by atoms with Gasteiger partial charge in [0.15, 0.2) is 11.7 Å². The van der Waals surface area contributed by atoms with Crippen LogP contribution in [-0.4, -0.2) is 58.6 Å². The summed E-state index contributed by atoms with van der Waals surface area (Å²) >= 11 is 0. The predicted octanol–water partition coefficient (Wildman–Crippen LogP) is 4.38. The smallest absolute Gasteiger partial charge is 0.417 e. The van der Waals surface area contributed by atoms with Gasteiger partial charge in [-0.15, -0.1) is 0 Å². The Labute approximate surface area is 204 Å². The topological polar surface area (TPSA) is 76.6 Å². The Bertz CT molecular complexity index is 1400. The van der Waals surface area contributed by atoms with Crippen LogP contribution in [0.25, 0.3) is 22.4 Å². The van der Waals surface area contributed by atoms with Crippen LogP contribution in [-0.2, 0) is 17.5 Å². The van der Waals surface area contributed by atoms with Gasteiger partial charge in [-0.25, -0.2) is 9.97 Å². The van der Waals surface area contributed by atoms with Gasteiger partial charge in [0, 0.05) is 62.6 Å². The third kappa shape index (κ3) is 4.60. The molecule has 0 radical (unpaired) electrons. The number of anilines is 1. The molecule has 1 saturated heterocycles. The number of aryl methyl sites for hydroxylation is 1. The maximum absolute atomic E-state index is 12.9. The number of fused-ring (bicyclic) bond motifs is 1. The van der Waals surface area contributed by atoms with Crippen molar-refractivity contribution in [3.8, 4) is 17.1 Å². The number of hydrogen-bond acceptors (Lipinski definition) is 6. The second kappa shape index (κ2) is 9.21. The van der Waals surface area contributed by atoms with E-state index in [1.54, 1.807) is 42.0 Å². The highest BCUT2D eigenvalue weighted by atomic mass is 19.4. The second-order valence-electron chi connectivity index (χ2n) is 8.57. The number of pyridine rings is 1. The van der Waals surface area contributed by atoms with E-state index in [4.69, 9.17) is 9.15 Å². The molecular weight excluding hydrogens is 475 g/mol. The van der Waals surface area contributed by atoms with Gasteiger partial charge < -0.3 is 23.5 Å². The molecular formula is C25H24F3N5O3. The maximum Gasteiger partial charge on any atom is 0.417 e. The van der Waals surface area contributed by atoms with Crippen molar-refractivity contribution in [2.75, 3.05) is 38.2 Å². The van der Waals surface area contributed by atoms with Gasteiger partial charge in [-0.05, 0) is 24.3 Å². The fraction of sp³-hybridized carbons (Fsp3) is 0.320. The number of ether oxygens (including phenoxy) is 1. The Balaban J connectivity index is 1.23. The van der Waals surface area contributed by atoms with Crippen molar-refractivity contribution in [2.45, 2.75) is 19.6 Å². The summed E-state index contributed by atoms with van der Waals surface area (Å²) in [5.74, 6) is 1.77. The van der Waals surface area contributed by atoms with Crippen LogP contribution in [0.4, 0.5) is 18.9 Å². The summed E-state index contributed by atoms with van der Waals surface area (Å²) < 4.78 is 51.6. The van der Waals surface area contributed by atoms with E-state index in [0.29, 0.717) is 54.6 Å². The Morgan fingerprint density at radius 1 is 1.08 bits per heavy atom. The lowest BCUT2D eigenvalue weighted by molar-refractivity contribution is -0.137. The number of carbonyl (C=O) groups excluding carboxylic acids is 1. The van der Waals surface area contributed by atoms with E-state index in [-0.39, 0.29) is 12.5 Å². The Hall–Kier alpha value is -4.02. The molecule has 1 aliphatic rings. The number of aromatic nitrogens is 3. The van der Waals surface area contributed by atoms with Gasteiger partial charge in [0.25, 0.3) is 0 Å². The average molecular weight is 499 g/mol. The van der Waals surface area contributed by atoms with Crippen LogP contribution in [0.1, 0.15) is 11.5 Å². The molecule has 4 heterocycles. The molecule has 1 fully saturated rings. The summed E-state index contributed by atoms with van der Waals surface area (Å²) in [6, 6.07) is 8.45. The molecule has 0 atom stereocenters. The van der Waals surface area contributed by atoms with Crippen LogP contribution in [0.5, 0.6) is 5.75 Å². The van der Waals surface area contributed by atoms with Crippen LogP contribution >= 0.6 is 0 Å². The molecule has 36 heavy (non-hydrogen) atoms. The van der Waals surface area contributed by atoms with E-state index >= 15 is 0 Å². The summed E-state index contributed by atoms with van der Waals surface area (Å²) in [5.41, 5.74) is 1.32. The van der Waals surface area contributed by atoms with Crippen LogP contribution in [0.15, 0.2) is 53.3 Å². The van der Waals surface area contributed by atoms with E-state index in [1.165, 1.54) is 0 Å². The van der Waals surface area contributed by atoms with Gasteiger partial charge in [0.2, 0.25) is 5.91 Å². The number of carbonyl (C=O) groups is 1. The normalized spacial score (nSPS) is 14.5. The van der Waals surface area contributed by atoms with Gasteiger partial charge >= 0.3 is 6.18 Å². The number of methoxy groups -OCH3 is 1. The zero-order valence-electron chi connectivity index (χ0n) is 19.7. The Morgan fingerprint density at radius 3 is 2.53 bits per heavy atom. The summed E-state index contributed by atoms with van der Waals surface area (Å²) in [4.78, 5) is 24.9. The van der Waals surface area contributed by atoms with Gasteiger partial charge in [-0.1, -0.05) is 0 Å². The molecule has 8 nitrogen and oxygen atoms in total. The minimum absolute atomic E-state index is 0.0149.